The Morgan fingerprint density at radius 1 is 0.964 bits per heavy atom. The Labute approximate surface area is 172 Å². The molecular formula is C22H33N5S. The molecule has 1 aromatic carbocycles. The molecule has 3 aliphatic rings. The number of unbranched alkanes of at least 4 members (excludes halogenated alkanes) is 1. The zero-order valence-corrected chi connectivity index (χ0v) is 17.7. The average Bonchev–Trinajstić information content (AvgIpc) is 3.47. The fourth-order valence-corrected chi connectivity index (χ4v) is 6.76. The van der Waals surface area contributed by atoms with Crippen molar-refractivity contribution in [1.82, 2.24) is 20.0 Å². The summed E-state index contributed by atoms with van der Waals surface area (Å²) in [5.74, 6) is 2.40. The molecule has 0 atom stereocenters. The van der Waals surface area contributed by atoms with E-state index in [0.717, 1.165) is 37.5 Å². The number of thioether (sulfide) groups is 1. The zero-order chi connectivity index (χ0) is 18.8. The standard InChI is InChI=1S/C22H33N5S/c1-2-8-20-19(7-1)21(24-23-20)27-15-13-25(14-16-27)11-5-6-12-26-17-22(28-18-26)9-3-4-10-22/h1-2,7-8H,3-6,9-18H2,(H,23,24). The molecule has 5 rings (SSSR count). The second kappa shape index (κ2) is 8.25. The van der Waals surface area contributed by atoms with Crippen molar-refractivity contribution in [2.45, 2.75) is 43.3 Å². The van der Waals surface area contributed by atoms with Crippen LogP contribution in [-0.2, 0) is 0 Å². The second-order valence-corrected chi connectivity index (χ2v) is 10.3. The smallest absolute Gasteiger partial charge is 0.158 e. The molecule has 152 valence electrons. The minimum absolute atomic E-state index is 0.646. The van der Waals surface area contributed by atoms with E-state index in [4.69, 9.17) is 0 Å². The molecule has 3 heterocycles. The van der Waals surface area contributed by atoms with E-state index in [9.17, 15) is 0 Å². The summed E-state index contributed by atoms with van der Waals surface area (Å²) < 4.78 is 0.646. The zero-order valence-electron chi connectivity index (χ0n) is 16.9. The number of benzene rings is 1. The van der Waals surface area contributed by atoms with Crippen molar-refractivity contribution >= 4 is 28.5 Å². The molecule has 1 spiro atoms. The van der Waals surface area contributed by atoms with Crippen molar-refractivity contribution in [1.29, 1.82) is 0 Å². The molecule has 0 unspecified atom stereocenters. The quantitative estimate of drug-likeness (QED) is 0.749. The normalized spacial score (nSPS) is 23.4. The lowest BCUT2D eigenvalue weighted by Crippen LogP contribution is -2.46. The summed E-state index contributed by atoms with van der Waals surface area (Å²) in [5.41, 5.74) is 1.14. The van der Waals surface area contributed by atoms with Gasteiger partial charge in [0.25, 0.3) is 0 Å². The molecule has 2 aliphatic heterocycles. The molecule has 28 heavy (non-hydrogen) atoms. The third kappa shape index (κ3) is 3.91. The van der Waals surface area contributed by atoms with Crippen molar-refractivity contribution in [3.05, 3.63) is 24.3 Å². The van der Waals surface area contributed by atoms with E-state index in [2.05, 4.69) is 60.9 Å². The predicted octanol–water partition coefficient (Wildman–Crippen LogP) is 3.78. The maximum absolute atomic E-state index is 4.57. The summed E-state index contributed by atoms with van der Waals surface area (Å²) in [6.07, 6.45) is 8.52. The third-order valence-electron chi connectivity index (χ3n) is 6.90. The van der Waals surface area contributed by atoms with Gasteiger partial charge >= 0.3 is 0 Å². The summed E-state index contributed by atoms with van der Waals surface area (Å²) in [4.78, 5) is 7.80. The number of nitrogens with zero attached hydrogens (tertiary/aromatic N) is 4. The van der Waals surface area contributed by atoms with E-state index < -0.39 is 0 Å². The van der Waals surface area contributed by atoms with Gasteiger partial charge in [0.05, 0.1) is 5.52 Å². The lowest BCUT2D eigenvalue weighted by Gasteiger charge is -2.35. The van der Waals surface area contributed by atoms with Gasteiger partial charge in [0.1, 0.15) is 0 Å². The van der Waals surface area contributed by atoms with Gasteiger partial charge < -0.3 is 4.90 Å². The number of hydrogen-bond donors (Lipinski definition) is 1. The Kier molecular flexibility index (Phi) is 5.53. The molecule has 0 amide bonds. The fourth-order valence-electron chi connectivity index (χ4n) is 5.24. The van der Waals surface area contributed by atoms with Crippen molar-refractivity contribution in [2.24, 2.45) is 0 Å². The van der Waals surface area contributed by atoms with Crippen molar-refractivity contribution in [3.8, 4) is 0 Å². The van der Waals surface area contributed by atoms with Crippen LogP contribution in [0.1, 0.15) is 38.5 Å². The van der Waals surface area contributed by atoms with Gasteiger partial charge in [-0.2, -0.15) is 5.10 Å². The number of piperazine rings is 1. The summed E-state index contributed by atoms with van der Waals surface area (Å²) in [5, 5.41) is 8.99. The monoisotopic (exact) mass is 399 g/mol. The largest absolute Gasteiger partial charge is 0.352 e. The van der Waals surface area contributed by atoms with Crippen LogP contribution in [0.3, 0.4) is 0 Å². The van der Waals surface area contributed by atoms with Crippen LogP contribution >= 0.6 is 11.8 Å². The molecule has 3 fully saturated rings. The van der Waals surface area contributed by atoms with E-state index in [1.807, 2.05) is 0 Å². The van der Waals surface area contributed by atoms with Gasteiger partial charge in [0, 0.05) is 48.7 Å². The number of aromatic amines is 1. The van der Waals surface area contributed by atoms with E-state index in [-0.39, 0.29) is 0 Å². The highest BCUT2D eigenvalue weighted by Crippen LogP contribution is 2.46. The molecule has 1 saturated carbocycles. The van der Waals surface area contributed by atoms with Crippen LogP contribution in [0.2, 0.25) is 0 Å². The second-order valence-electron chi connectivity index (χ2n) is 8.84. The Morgan fingerprint density at radius 3 is 2.54 bits per heavy atom. The predicted molar refractivity (Wildman–Crippen MR) is 119 cm³/mol. The molecule has 5 nitrogen and oxygen atoms in total. The number of fused-ring (bicyclic) bond motifs is 1. The molecule has 2 saturated heterocycles. The first kappa shape index (κ1) is 18.8. The highest BCUT2D eigenvalue weighted by atomic mass is 32.2. The molecular weight excluding hydrogens is 366 g/mol. The van der Waals surface area contributed by atoms with Crippen LogP contribution in [0.15, 0.2) is 24.3 Å². The number of aromatic nitrogens is 2. The molecule has 1 aromatic heterocycles. The molecule has 0 radical (unpaired) electrons. The summed E-state index contributed by atoms with van der Waals surface area (Å²) in [6, 6.07) is 8.45. The highest BCUT2D eigenvalue weighted by molar-refractivity contribution is 8.00. The SMILES string of the molecule is c1ccc2c(N3CCN(CCCCN4CSC5(CCCC5)C4)CC3)n[nH]c2c1. The molecule has 0 bridgehead atoms. The van der Waals surface area contributed by atoms with Crippen LogP contribution in [-0.4, -0.2) is 76.4 Å². The third-order valence-corrected chi connectivity index (χ3v) is 8.54. The first-order chi connectivity index (χ1) is 13.8. The van der Waals surface area contributed by atoms with Gasteiger partial charge in [-0.25, -0.2) is 0 Å². The fraction of sp³-hybridized carbons (Fsp3) is 0.682. The Balaban J connectivity index is 1.03. The van der Waals surface area contributed by atoms with E-state index in [0.29, 0.717) is 4.75 Å². The van der Waals surface area contributed by atoms with Gasteiger partial charge in [-0.15, -0.1) is 11.8 Å². The maximum Gasteiger partial charge on any atom is 0.158 e. The topological polar surface area (TPSA) is 38.4 Å². The Hall–Kier alpha value is -1.24. The lowest BCUT2D eigenvalue weighted by atomic mass is 10.1. The molecule has 1 aliphatic carbocycles. The van der Waals surface area contributed by atoms with Crippen LogP contribution in [0.5, 0.6) is 0 Å². The maximum atomic E-state index is 4.57. The summed E-state index contributed by atoms with van der Waals surface area (Å²) in [6.45, 7) is 8.39. The van der Waals surface area contributed by atoms with Gasteiger partial charge in [-0.3, -0.25) is 14.9 Å². The minimum Gasteiger partial charge on any atom is -0.352 e. The summed E-state index contributed by atoms with van der Waals surface area (Å²) in [7, 11) is 0. The Bertz CT molecular complexity index is 776. The van der Waals surface area contributed by atoms with E-state index in [1.54, 1.807) is 0 Å². The number of para-hydroxylation sites is 1. The molecule has 2 aromatic rings. The lowest BCUT2D eigenvalue weighted by molar-refractivity contribution is 0.241. The average molecular weight is 400 g/mol. The highest BCUT2D eigenvalue weighted by Gasteiger charge is 2.40. The Morgan fingerprint density at radius 2 is 1.71 bits per heavy atom. The van der Waals surface area contributed by atoms with E-state index in [1.165, 1.54) is 69.4 Å². The van der Waals surface area contributed by atoms with Gasteiger partial charge in [-0.1, -0.05) is 25.0 Å². The number of nitrogens with one attached hydrogen (secondary N) is 1. The first-order valence-corrected chi connectivity index (χ1v) is 12.1. The van der Waals surface area contributed by atoms with Crippen molar-refractivity contribution in [2.75, 3.05) is 56.6 Å². The van der Waals surface area contributed by atoms with Gasteiger partial charge in [0.15, 0.2) is 5.82 Å². The number of hydrogen-bond acceptors (Lipinski definition) is 5. The van der Waals surface area contributed by atoms with Crippen LogP contribution in [0.25, 0.3) is 10.9 Å². The van der Waals surface area contributed by atoms with Crippen molar-refractivity contribution in [3.63, 3.8) is 0 Å². The van der Waals surface area contributed by atoms with Crippen LogP contribution < -0.4 is 4.90 Å². The number of H-pyrrole nitrogens is 1. The van der Waals surface area contributed by atoms with Gasteiger partial charge in [0.2, 0.25) is 0 Å². The minimum atomic E-state index is 0.646. The first-order valence-electron chi connectivity index (χ1n) is 11.1. The number of rotatable bonds is 6. The van der Waals surface area contributed by atoms with E-state index >= 15 is 0 Å². The van der Waals surface area contributed by atoms with Gasteiger partial charge in [-0.05, 0) is 50.9 Å². The van der Waals surface area contributed by atoms with Crippen LogP contribution in [0.4, 0.5) is 5.82 Å². The molecule has 6 heteroatoms. The summed E-state index contributed by atoms with van der Waals surface area (Å²) >= 11 is 2.25. The number of anilines is 1. The van der Waals surface area contributed by atoms with Crippen molar-refractivity contribution < 1.29 is 0 Å². The van der Waals surface area contributed by atoms with Crippen LogP contribution in [0, 0.1) is 0 Å². The molecule has 1 N–H and O–H groups in total.